The molecule has 0 atom stereocenters. The number of rotatable bonds is 5. The van der Waals surface area contributed by atoms with Crippen LogP contribution in [-0.2, 0) is 21.0 Å². The lowest BCUT2D eigenvalue weighted by Gasteiger charge is -2.24. The number of aliphatic carboxylic acids is 1. The van der Waals surface area contributed by atoms with E-state index in [4.69, 9.17) is 5.11 Å². The number of sulfonamides is 1. The quantitative estimate of drug-likeness (QED) is 0.687. The first-order valence-corrected chi connectivity index (χ1v) is 9.44. The maximum absolute atomic E-state index is 13.2. The van der Waals surface area contributed by atoms with Gasteiger partial charge in [-0.25, -0.2) is 8.42 Å². The molecule has 3 rings (SSSR count). The lowest BCUT2D eigenvalue weighted by molar-refractivity contribution is -0.137. The second-order valence-corrected chi connectivity index (χ2v) is 7.76. The molecule has 9 heteroatoms. The Kier molecular flexibility index (Phi) is 5.03. The van der Waals surface area contributed by atoms with Crippen molar-refractivity contribution in [3.05, 3.63) is 72.3 Å². The number of fused-ring (bicyclic) bond motifs is 1. The van der Waals surface area contributed by atoms with Crippen LogP contribution in [0.15, 0.2) is 71.6 Å². The first-order chi connectivity index (χ1) is 13.1. The smallest absolute Gasteiger partial charge is 0.416 e. The Hall–Kier alpha value is -3.07. The minimum Gasteiger partial charge on any atom is -0.480 e. The Balaban J connectivity index is 2.20. The van der Waals surface area contributed by atoms with Crippen LogP contribution in [-0.4, -0.2) is 26.0 Å². The number of nitrogens with zero attached hydrogens (tertiary/aromatic N) is 1. The number of alkyl halides is 3. The van der Waals surface area contributed by atoms with E-state index in [0.29, 0.717) is 21.1 Å². The number of hydrogen-bond donors (Lipinski definition) is 1. The van der Waals surface area contributed by atoms with E-state index in [0.717, 1.165) is 18.2 Å². The van der Waals surface area contributed by atoms with Crippen molar-refractivity contribution in [1.29, 1.82) is 0 Å². The minimum atomic E-state index is -4.70. The predicted molar refractivity (Wildman–Crippen MR) is 97.6 cm³/mol. The molecule has 0 amide bonds. The standard InChI is InChI=1S/C19H14F3NO4S/c20-19(21,22)14-7-4-8-15(11-14)23(12-18(24)25)28(26,27)17-10-3-6-13-5-1-2-9-16(13)17/h1-11H,12H2,(H,24,25). The lowest BCUT2D eigenvalue weighted by atomic mass is 10.1. The zero-order valence-corrected chi connectivity index (χ0v) is 15.0. The highest BCUT2D eigenvalue weighted by atomic mass is 32.2. The molecule has 3 aromatic carbocycles. The maximum atomic E-state index is 13.2. The van der Waals surface area contributed by atoms with Gasteiger partial charge in [0.1, 0.15) is 6.54 Å². The summed E-state index contributed by atoms with van der Waals surface area (Å²) in [5.41, 5.74) is -1.46. The molecule has 5 nitrogen and oxygen atoms in total. The molecule has 146 valence electrons. The second-order valence-electron chi connectivity index (χ2n) is 5.93. The molecular weight excluding hydrogens is 395 g/mol. The average Bonchev–Trinajstić information content (AvgIpc) is 2.65. The Morgan fingerprint density at radius 1 is 0.964 bits per heavy atom. The Bertz CT molecular complexity index is 1140. The first kappa shape index (κ1) is 19.7. The molecule has 1 N–H and O–H groups in total. The summed E-state index contributed by atoms with van der Waals surface area (Å²) in [6.07, 6.45) is -4.70. The van der Waals surface area contributed by atoms with Crippen molar-refractivity contribution in [3.8, 4) is 0 Å². The van der Waals surface area contributed by atoms with Gasteiger partial charge in [0.25, 0.3) is 10.0 Å². The number of hydrogen-bond acceptors (Lipinski definition) is 3. The van der Waals surface area contributed by atoms with Gasteiger partial charge in [-0.2, -0.15) is 13.2 Å². The summed E-state index contributed by atoms with van der Waals surface area (Å²) < 4.78 is 66.0. The molecule has 0 bridgehead atoms. The van der Waals surface area contributed by atoms with Crippen molar-refractivity contribution >= 4 is 32.5 Å². The van der Waals surface area contributed by atoms with E-state index in [-0.39, 0.29) is 10.6 Å². The molecule has 0 spiro atoms. The molecule has 0 aliphatic rings. The van der Waals surface area contributed by atoms with Crippen molar-refractivity contribution in [2.75, 3.05) is 10.8 Å². The maximum Gasteiger partial charge on any atom is 0.416 e. The van der Waals surface area contributed by atoms with E-state index >= 15 is 0 Å². The summed E-state index contributed by atoms with van der Waals surface area (Å²) in [5, 5.41) is 10.1. The van der Waals surface area contributed by atoms with Crippen LogP contribution in [0.2, 0.25) is 0 Å². The van der Waals surface area contributed by atoms with Gasteiger partial charge in [-0.1, -0.05) is 42.5 Å². The van der Waals surface area contributed by atoms with Crippen LogP contribution in [0.5, 0.6) is 0 Å². The molecule has 0 aromatic heterocycles. The number of anilines is 1. The molecule has 0 radical (unpaired) electrons. The molecular formula is C19H14F3NO4S. The third kappa shape index (κ3) is 3.79. The van der Waals surface area contributed by atoms with Gasteiger partial charge in [-0.3, -0.25) is 9.10 Å². The van der Waals surface area contributed by atoms with Gasteiger partial charge < -0.3 is 5.11 Å². The van der Waals surface area contributed by atoms with Gasteiger partial charge >= 0.3 is 12.1 Å². The Labute approximate surface area is 158 Å². The lowest BCUT2D eigenvalue weighted by Crippen LogP contribution is -2.36. The molecule has 28 heavy (non-hydrogen) atoms. The summed E-state index contributed by atoms with van der Waals surface area (Å²) in [6, 6.07) is 14.6. The number of benzene rings is 3. The van der Waals surface area contributed by atoms with Crippen LogP contribution in [0, 0.1) is 0 Å². The number of halogens is 3. The molecule has 0 saturated heterocycles. The molecule has 0 fully saturated rings. The molecule has 0 aliphatic heterocycles. The molecule has 3 aromatic rings. The summed E-state index contributed by atoms with van der Waals surface area (Å²) in [7, 11) is -4.45. The van der Waals surface area contributed by atoms with E-state index in [1.165, 1.54) is 12.1 Å². The van der Waals surface area contributed by atoms with Crippen LogP contribution in [0.25, 0.3) is 10.8 Å². The fourth-order valence-corrected chi connectivity index (χ4v) is 4.44. The van der Waals surface area contributed by atoms with Gasteiger partial charge in [0.2, 0.25) is 0 Å². The van der Waals surface area contributed by atoms with Crippen LogP contribution in [0.1, 0.15) is 5.56 Å². The summed E-state index contributed by atoms with van der Waals surface area (Å²) in [4.78, 5) is 11.1. The summed E-state index contributed by atoms with van der Waals surface area (Å²) in [5.74, 6) is -1.50. The summed E-state index contributed by atoms with van der Waals surface area (Å²) >= 11 is 0. The zero-order chi connectivity index (χ0) is 20.5. The average molecular weight is 409 g/mol. The number of carboxylic acid groups (broad SMARTS) is 1. The van der Waals surface area contributed by atoms with Crippen molar-refractivity contribution in [2.24, 2.45) is 0 Å². The number of carbonyl (C=O) groups is 1. The molecule has 0 saturated carbocycles. The van der Waals surface area contributed by atoms with Crippen molar-refractivity contribution in [1.82, 2.24) is 0 Å². The van der Waals surface area contributed by atoms with E-state index in [9.17, 15) is 26.4 Å². The van der Waals surface area contributed by atoms with Crippen LogP contribution >= 0.6 is 0 Å². The highest BCUT2D eigenvalue weighted by Crippen LogP contribution is 2.34. The van der Waals surface area contributed by atoms with Crippen LogP contribution < -0.4 is 4.31 Å². The largest absolute Gasteiger partial charge is 0.480 e. The van der Waals surface area contributed by atoms with E-state index in [1.807, 2.05) is 0 Å². The predicted octanol–water partition coefficient (Wildman–Crippen LogP) is 4.14. The van der Waals surface area contributed by atoms with Gasteiger partial charge in [0.05, 0.1) is 16.1 Å². The monoisotopic (exact) mass is 409 g/mol. The van der Waals surface area contributed by atoms with Crippen LogP contribution in [0.3, 0.4) is 0 Å². The highest BCUT2D eigenvalue weighted by Gasteiger charge is 2.33. The van der Waals surface area contributed by atoms with E-state index in [1.54, 1.807) is 30.3 Å². The van der Waals surface area contributed by atoms with Crippen molar-refractivity contribution in [2.45, 2.75) is 11.1 Å². The summed E-state index contributed by atoms with van der Waals surface area (Å²) in [6.45, 7) is -1.02. The second kappa shape index (κ2) is 7.16. The minimum absolute atomic E-state index is 0.190. The fraction of sp³-hybridized carbons (Fsp3) is 0.105. The third-order valence-corrected chi connectivity index (χ3v) is 5.89. The normalized spacial score (nSPS) is 12.1. The topological polar surface area (TPSA) is 74.7 Å². The van der Waals surface area contributed by atoms with Gasteiger partial charge in [-0.05, 0) is 29.7 Å². The van der Waals surface area contributed by atoms with Gasteiger partial charge in [0, 0.05) is 5.39 Å². The van der Waals surface area contributed by atoms with Gasteiger partial charge in [0.15, 0.2) is 0 Å². The van der Waals surface area contributed by atoms with E-state index in [2.05, 4.69) is 0 Å². The Morgan fingerprint density at radius 3 is 2.29 bits per heavy atom. The molecule has 0 unspecified atom stereocenters. The van der Waals surface area contributed by atoms with Crippen LogP contribution in [0.4, 0.5) is 18.9 Å². The zero-order valence-electron chi connectivity index (χ0n) is 14.2. The van der Waals surface area contributed by atoms with E-state index < -0.39 is 34.3 Å². The van der Waals surface area contributed by atoms with Gasteiger partial charge in [-0.15, -0.1) is 0 Å². The number of carboxylic acids is 1. The third-order valence-electron chi connectivity index (χ3n) is 4.06. The molecule has 0 heterocycles. The highest BCUT2D eigenvalue weighted by molar-refractivity contribution is 7.93. The van der Waals surface area contributed by atoms with Crippen molar-refractivity contribution in [3.63, 3.8) is 0 Å². The van der Waals surface area contributed by atoms with Crippen molar-refractivity contribution < 1.29 is 31.5 Å². The molecule has 0 aliphatic carbocycles. The fourth-order valence-electron chi connectivity index (χ4n) is 2.81. The first-order valence-electron chi connectivity index (χ1n) is 8.00. The Morgan fingerprint density at radius 2 is 1.61 bits per heavy atom. The SMILES string of the molecule is O=C(O)CN(c1cccc(C(F)(F)F)c1)S(=O)(=O)c1cccc2ccccc12.